The van der Waals surface area contributed by atoms with Gasteiger partial charge < -0.3 is 15.5 Å². The molecule has 2 aliphatic rings. The summed E-state index contributed by atoms with van der Waals surface area (Å²) in [7, 11) is 0. The van der Waals surface area contributed by atoms with Crippen molar-refractivity contribution in [2.75, 3.05) is 16.8 Å². The van der Waals surface area contributed by atoms with Gasteiger partial charge in [-0.3, -0.25) is 4.79 Å². The van der Waals surface area contributed by atoms with Gasteiger partial charge >= 0.3 is 0 Å². The van der Waals surface area contributed by atoms with Crippen LogP contribution in [0.4, 0.5) is 11.4 Å². The number of piperidine rings is 1. The molecule has 3 rings (SSSR count). The summed E-state index contributed by atoms with van der Waals surface area (Å²) < 4.78 is 0. The van der Waals surface area contributed by atoms with Crippen LogP contribution in [0.5, 0.6) is 0 Å². The Bertz CT molecular complexity index is 634. The summed E-state index contributed by atoms with van der Waals surface area (Å²) in [5.41, 5.74) is 2.35. The van der Waals surface area contributed by atoms with Gasteiger partial charge in [0.1, 0.15) is 0 Å². The summed E-state index contributed by atoms with van der Waals surface area (Å²) in [5.74, 6) is 0.217. The molecule has 0 aliphatic carbocycles. The normalized spacial score (nSPS) is 24.8. The minimum absolute atomic E-state index is 0.0314. The molecule has 1 aromatic carbocycles. The van der Waals surface area contributed by atoms with Crippen LogP contribution in [-0.2, 0) is 4.79 Å². The van der Waals surface area contributed by atoms with E-state index in [1.807, 2.05) is 6.92 Å². The molecule has 1 aromatic rings. The second-order valence-electron chi connectivity index (χ2n) is 9.08. The number of Topliss-reactive ketones (excluding diaryl/α,β-unsaturated/α-hetero) is 1. The lowest BCUT2D eigenvalue weighted by molar-refractivity contribution is -0.118. The maximum absolute atomic E-state index is 12.1. The van der Waals surface area contributed by atoms with Crippen molar-refractivity contribution >= 4 is 17.2 Å². The van der Waals surface area contributed by atoms with Crippen LogP contribution in [0.1, 0.15) is 54.4 Å². The number of benzene rings is 1. The largest absolute Gasteiger partial charge is 0.376 e. The Kier molecular flexibility index (Phi) is 3.95. The van der Waals surface area contributed by atoms with Crippen molar-refractivity contribution < 1.29 is 4.79 Å². The van der Waals surface area contributed by atoms with Crippen molar-refractivity contribution in [3.8, 4) is 0 Å². The van der Waals surface area contributed by atoms with Crippen molar-refractivity contribution in [2.24, 2.45) is 0 Å². The number of carbonyl (C=O) groups excluding carboxylic acids is 1. The zero-order valence-electron chi connectivity index (χ0n) is 15.9. The lowest BCUT2D eigenvalue weighted by Crippen LogP contribution is -2.69. The number of carbonyl (C=O) groups is 1. The first-order chi connectivity index (χ1) is 11.0. The van der Waals surface area contributed by atoms with E-state index in [2.05, 4.69) is 67.5 Å². The van der Waals surface area contributed by atoms with Gasteiger partial charge in [-0.1, -0.05) is 12.1 Å². The number of rotatable bonds is 2. The minimum atomic E-state index is -0.105. The zero-order valence-corrected chi connectivity index (χ0v) is 15.9. The molecule has 24 heavy (non-hydrogen) atoms. The van der Waals surface area contributed by atoms with Gasteiger partial charge in [0.15, 0.2) is 5.78 Å². The minimum Gasteiger partial charge on any atom is -0.376 e. The van der Waals surface area contributed by atoms with E-state index in [9.17, 15) is 4.79 Å². The average Bonchev–Trinajstić information content (AvgIpc) is 2.41. The molecule has 1 unspecified atom stereocenters. The fraction of sp³-hybridized carbons (Fsp3) is 0.650. The molecular weight excluding hydrogens is 298 g/mol. The quantitative estimate of drug-likeness (QED) is 0.870. The van der Waals surface area contributed by atoms with E-state index in [0.717, 1.165) is 30.8 Å². The number of ketones is 1. The molecule has 0 saturated carbocycles. The van der Waals surface area contributed by atoms with Gasteiger partial charge in [-0.05, 0) is 66.5 Å². The van der Waals surface area contributed by atoms with Crippen LogP contribution < -0.4 is 15.5 Å². The summed E-state index contributed by atoms with van der Waals surface area (Å²) in [6, 6.07) is 8.27. The molecule has 4 heteroatoms. The molecule has 1 saturated heterocycles. The first-order valence-corrected chi connectivity index (χ1v) is 8.96. The Morgan fingerprint density at radius 2 is 1.71 bits per heavy atom. The Morgan fingerprint density at radius 3 is 2.29 bits per heavy atom. The number of hydrogen-bond acceptors (Lipinski definition) is 4. The Balaban J connectivity index is 2.04. The van der Waals surface area contributed by atoms with Gasteiger partial charge in [0.25, 0.3) is 0 Å². The van der Waals surface area contributed by atoms with Gasteiger partial charge in [0, 0.05) is 17.6 Å². The molecule has 0 aromatic heterocycles. The standard InChI is InChI=1S/C20H31N3O/c1-14(15(2)24)23-13-20(21-16-9-7-8-10-17(16)23)11-18(3,4)22-19(5,6)12-20/h7-10,14,21-22H,11-13H2,1-6H3. The fourth-order valence-corrected chi connectivity index (χ4v) is 5.09. The van der Waals surface area contributed by atoms with Crippen LogP contribution in [0.2, 0.25) is 0 Å². The van der Waals surface area contributed by atoms with Crippen molar-refractivity contribution in [1.29, 1.82) is 0 Å². The molecule has 0 bridgehead atoms. The highest BCUT2D eigenvalue weighted by Gasteiger charge is 2.50. The molecule has 2 aliphatic heterocycles. The first kappa shape index (κ1) is 17.3. The molecule has 1 spiro atoms. The summed E-state index contributed by atoms with van der Waals surface area (Å²) in [6.45, 7) is 13.7. The predicted molar refractivity (Wildman–Crippen MR) is 101 cm³/mol. The van der Waals surface area contributed by atoms with Gasteiger partial charge in [-0.2, -0.15) is 0 Å². The van der Waals surface area contributed by atoms with E-state index in [1.165, 1.54) is 0 Å². The van der Waals surface area contributed by atoms with E-state index in [4.69, 9.17) is 0 Å². The van der Waals surface area contributed by atoms with Crippen LogP contribution in [0, 0.1) is 0 Å². The summed E-state index contributed by atoms with van der Waals surface area (Å²) >= 11 is 0. The third-order valence-electron chi connectivity index (χ3n) is 5.38. The van der Waals surface area contributed by atoms with Gasteiger partial charge in [-0.15, -0.1) is 0 Å². The number of nitrogens with one attached hydrogen (secondary N) is 2. The fourth-order valence-electron chi connectivity index (χ4n) is 5.09. The Morgan fingerprint density at radius 1 is 1.12 bits per heavy atom. The molecule has 0 radical (unpaired) electrons. The second-order valence-corrected chi connectivity index (χ2v) is 9.08. The van der Waals surface area contributed by atoms with E-state index < -0.39 is 0 Å². The molecule has 2 N–H and O–H groups in total. The zero-order chi connectivity index (χ0) is 17.8. The van der Waals surface area contributed by atoms with E-state index in [0.29, 0.717) is 0 Å². The van der Waals surface area contributed by atoms with Crippen LogP contribution >= 0.6 is 0 Å². The van der Waals surface area contributed by atoms with Crippen molar-refractivity contribution in [1.82, 2.24) is 5.32 Å². The maximum atomic E-state index is 12.1. The summed E-state index contributed by atoms with van der Waals surface area (Å²) in [4.78, 5) is 14.4. The van der Waals surface area contributed by atoms with Gasteiger partial charge in [0.05, 0.1) is 23.0 Å². The number of nitrogens with zero attached hydrogens (tertiary/aromatic N) is 1. The molecule has 4 nitrogen and oxygen atoms in total. The third kappa shape index (κ3) is 3.16. The van der Waals surface area contributed by atoms with Crippen LogP contribution in [0.15, 0.2) is 24.3 Å². The Hall–Kier alpha value is -1.55. The highest BCUT2D eigenvalue weighted by Crippen LogP contribution is 2.44. The maximum Gasteiger partial charge on any atom is 0.151 e. The lowest BCUT2D eigenvalue weighted by Gasteiger charge is -2.57. The number of anilines is 2. The second kappa shape index (κ2) is 5.48. The van der Waals surface area contributed by atoms with Crippen molar-refractivity contribution in [2.45, 2.75) is 77.0 Å². The molecule has 1 fully saturated rings. The van der Waals surface area contributed by atoms with Crippen LogP contribution in [0.25, 0.3) is 0 Å². The molecule has 0 amide bonds. The van der Waals surface area contributed by atoms with Gasteiger partial charge in [0.2, 0.25) is 0 Å². The molecule has 2 heterocycles. The van der Waals surface area contributed by atoms with E-state index in [-0.39, 0.29) is 28.4 Å². The monoisotopic (exact) mass is 329 g/mol. The van der Waals surface area contributed by atoms with E-state index >= 15 is 0 Å². The van der Waals surface area contributed by atoms with Gasteiger partial charge in [-0.25, -0.2) is 0 Å². The summed E-state index contributed by atoms with van der Waals surface area (Å²) in [5, 5.41) is 7.62. The topological polar surface area (TPSA) is 44.4 Å². The Labute approximate surface area is 146 Å². The number of fused-ring (bicyclic) bond motifs is 1. The molecular formula is C20H31N3O. The molecule has 132 valence electrons. The first-order valence-electron chi connectivity index (χ1n) is 8.96. The third-order valence-corrected chi connectivity index (χ3v) is 5.38. The van der Waals surface area contributed by atoms with Crippen LogP contribution in [-0.4, -0.2) is 35.0 Å². The van der Waals surface area contributed by atoms with E-state index in [1.54, 1.807) is 6.92 Å². The van der Waals surface area contributed by atoms with Crippen molar-refractivity contribution in [3.63, 3.8) is 0 Å². The predicted octanol–water partition coefficient (Wildman–Crippen LogP) is 3.58. The SMILES string of the molecule is CC(=O)C(C)N1CC2(CC(C)(C)NC(C)(C)C2)Nc2ccccc21. The number of hydrogen-bond donors (Lipinski definition) is 2. The smallest absolute Gasteiger partial charge is 0.151 e. The number of para-hydroxylation sites is 2. The molecule has 1 atom stereocenters. The van der Waals surface area contributed by atoms with Crippen LogP contribution in [0.3, 0.4) is 0 Å². The van der Waals surface area contributed by atoms with Crippen molar-refractivity contribution in [3.05, 3.63) is 24.3 Å². The lowest BCUT2D eigenvalue weighted by atomic mass is 9.69. The average molecular weight is 329 g/mol. The highest BCUT2D eigenvalue weighted by molar-refractivity contribution is 5.87. The highest BCUT2D eigenvalue weighted by atomic mass is 16.1. The summed E-state index contributed by atoms with van der Waals surface area (Å²) in [6.07, 6.45) is 2.05.